The van der Waals surface area contributed by atoms with E-state index in [1.807, 2.05) is 24.3 Å². The van der Waals surface area contributed by atoms with Gasteiger partial charge in [0.25, 0.3) is 0 Å². The summed E-state index contributed by atoms with van der Waals surface area (Å²) in [6.07, 6.45) is 3.61. The summed E-state index contributed by atoms with van der Waals surface area (Å²) in [7, 11) is 2.15. The average Bonchev–Trinajstić information content (AvgIpc) is 2.49. The van der Waals surface area contributed by atoms with Gasteiger partial charge in [0.2, 0.25) is 0 Å². The van der Waals surface area contributed by atoms with Gasteiger partial charge in [0.1, 0.15) is 11.6 Å². The Morgan fingerprint density at radius 3 is 2.40 bits per heavy atom. The highest BCUT2D eigenvalue weighted by Crippen LogP contribution is 2.30. The highest BCUT2D eigenvalue weighted by molar-refractivity contribution is 5.77. The molecule has 0 saturated carbocycles. The van der Waals surface area contributed by atoms with Crippen LogP contribution in [0.25, 0.3) is 11.1 Å². The minimum absolute atomic E-state index is 0.566. The van der Waals surface area contributed by atoms with Crippen molar-refractivity contribution in [3.8, 4) is 11.1 Å². The lowest BCUT2D eigenvalue weighted by atomic mass is 10.1. The summed E-state index contributed by atoms with van der Waals surface area (Å²) in [5, 5.41) is 0. The minimum Gasteiger partial charge on any atom is -0.384 e. The molecule has 3 rings (SSSR count). The maximum absolute atomic E-state index is 5.88. The van der Waals surface area contributed by atoms with Gasteiger partial charge in [-0.25, -0.2) is 4.98 Å². The van der Waals surface area contributed by atoms with Gasteiger partial charge in [0.15, 0.2) is 0 Å². The average molecular weight is 269 g/mol. The number of piperazine rings is 1. The van der Waals surface area contributed by atoms with Crippen LogP contribution in [0.1, 0.15) is 0 Å². The first kappa shape index (κ1) is 12.9. The van der Waals surface area contributed by atoms with Gasteiger partial charge in [-0.1, -0.05) is 0 Å². The number of anilines is 2. The zero-order valence-corrected chi connectivity index (χ0v) is 11.7. The summed E-state index contributed by atoms with van der Waals surface area (Å²) in [6, 6.07) is 7.92. The lowest BCUT2D eigenvalue weighted by Crippen LogP contribution is -2.45. The van der Waals surface area contributed by atoms with Gasteiger partial charge in [-0.2, -0.15) is 0 Å². The van der Waals surface area contributed by atoms with E-state index < -0.39 is 0 Å². The fraction of sp³-hybridized carbons (Fsp3) is 0.333. The zero-order chi connectivity index (χ0) is 13.9. The summed E-state index contributed by atoms with van der Waals surface area (Å²) in [5.41, 5.74) is 8.12. The third kappa shape index (κ3) is 2.58. The van der Waals surface area contributed by atoms with Gasteiger partial charge >= 0.3 is 0 Å². The summed E-state index contributed by atoms with van der Waals surface area (Å²) in [5.74, 6) is 1.54. The monoisotopic (exact) mass is 269 g/mol. The molecule has 1 aliphatic rings. The van der Waals surface area contributed by atoms with Gasteiger partial charge in [0.05, 0.1) is 0 Å². The van der Waals surface area contributed by atoms with E-state index in [1.165, 1.54) is 0 Å². The Hall–Kier alpha value is -2.14. The molecule has 5 heteroatoms. The maximum atomic E-state index is 5.88. The second-order valence-electron chi connectivity index (χ2n) is 5.13. The number of pyridine rings is 2. The van der Waals surface area contributed by atoms with Crippen LogP contribution in [0.15, 0.2) is 36.7 Å². The van der Waals surface area contributed by atoms with Crippen LogP contribution >= 0.6 is 0 Å². The molecule has 104 valence electrons. The lowest BCUT2D eigenvalue weighted by molar-refractivity contribution is 0.312. The number of rotatable bonds is 2. The first-order chi connectivity index (χ1) is 9.74. The van der Waals surface area contributed by atoms with E-state index in [-0.39, 0.29) is 0 Å². The van der Waals surface area contributed by atoms with Gasteiger partial charge < -0.3 is 15.5 Å². The topological polar surface area (TPSA) is 58.3 Å². The van der Waals surface area contributed by atoms with Crippen LogP contribution in [-0.4, -0.2) is 48.1 Å². The number of hydrogen-bond acceptors (Lipinski definition) is 5. The van der Waals surface area contributed by atoms with E-state index in [1.54, 1.807) is 12.4 Å². The molecule has 1 aliphatic heterocycles. The van der Waals surface area contributed by atoms with Crippen LogP contribution in [0.3, 0.4) is 0 Å². The number of likely N-dealkylation sites (N-methyl/N-ethyl adjacent to an activating group) is 1. The largest absolute Gasteiger partial charge is 0.384 e. The van der Waals surface area contributed by atoms with Crippen molar-refractivity contribution in [1.29, 1.82) is 0 Å². The fourth-order valence-corrected chi connectivity index (χ4v) is 2.48. The van der Waals surface area contributed by atoms with Crippen LogP contribution in [-0.2, 0) is 0 Å². The van der Waals surface area contributed by atoms with E-state index in [0.717, 1.165) is 43.1 Å². The van der Waals surface area contributed by atoms with E-state index >= 15 is 0 Å². The zero-order valence-electron chi connectivity index (χ0n) is 11.7. The second kappa shape index (κ2) is 5.46. The van der Waals surface area contributed by atoms with Crippen LogP contribution in [0, 0.1) is 0 Å². The molecule has 0 spiro atoms. The van der Waals surface area contributed by atoms with E-state index in [0.29, 0.717) is 5.82 Å². The third-order valence-electron chi connectivity index (χ3n) is 3.69. The first-order valence-corrected chi connectivity index (χ1v) is 6.84. The highest BCUT2D eigenvalue weighted by Gasteiger charge is 2.19. The van der Waals surface area contributed by atoms with Gasteiger partial charge in [-0.15, -0.1) is 0 Å². The van der Waals surface area contributed by atoms with E-state index in [2.05, 4.69) is 26.8 Å². The normalized spacial score (nSPS) is 16.4. The van der Waals surface area contributed by atoms with Gasteiger partial charge in [-0.3, -0.25) is 4.98 Å². The minimum atomic E-state index is 0.566. The summed E-state index contributed by atoms with van der Waals surface area (Å²) < 4.78 is 0. The van der Waals surface area contributed by atoms with Gasteiger partial charge in [-0.05, 0) is 36.9 Å². The number of hydrogen-bond donors (Lipinski definition) is 1. The van der Waals surface area contributed by atoms with Crippen LogP contribution < -0.4 is 10.6 Å². The van der Waals surface area contributed by atoms with E-state index in [4.69, 9.17) is 5.73 Å². The Balaban J connectivity index is 1.99. The van der Waals surface area contributed by atoms with E-state index in [9.17, 15) is 0 Å². The Bertz CT molecular complexity index is 576. The second-order valence-corrected chi connectivity index (χ2v) is 5.13. The van der Waals surface area contributed by atoms with Crippen molar-refractivity contribution >= 4 is 11.6 Å². The number of nitrogens with two attached hydrogens (primary N) is 1. The molecule has 0 atom stereocenters. The molecule has 0 unspecified atom stereocenters. The predicted octanol–water partition coefficient (Wildman–Crippen LogP) is 1.48. The van der Waals surface area contributed by atoms with Crippen molar-refractivity contribution in [1.82, 2.24) is 14.9 Å². The predicted molar refractivity (Wildman–Crippen MR) is 81.6 cm³/mol. The Morgan fingerprint density at radius 2 is 1.70 bits per heavy atom. The molecule has 0 amide bonds. The Kier molecular flexibility index (Phi) is 3.52. The molecule has 2 N–H and O–H groups in total. The Labute approximate surface area is 119 Å². The van der Waals surface area contributed by atoms with Crippen molar-refractivity contribution in [2.45, 2.75) is 0 Å². The van der Waals surface area contributed by atoms with Crippen molar-refractivity contribution in [2.24, 2.45) is 0 Å². The standard InChI is InChI=1S/C15H19N5/c1-19-8-10-20(11-9-19)15-13(2-3-14(16)18-15)12-4-6-17-7-5-12/h2-7H,8-11H2,1H3,(H2,16,18). The van der Waals surface area contributed by atoms with Crippen molar-refractivity contribution in [3.05, 3.63) is 36.7 Å². The number of aromatic nitrogens is 2. The number of nitrogens with zero attached hydrogens (tertiary/aromatic N) is 4. The summed E-state index contributed by atoms with van der Waals surface area (Å²) in [4.78, 5) is 13.3. The molecular weight excluding hydrogens is 250 g/mol. The third-order valence-corrected chi connectivity index (χ3v) is 3.69. The van der Waals surface area contributed by atoms with Crippen LogP contribution in [0.2, 0.25) is 0 Å². The molecule has 0 bridgehead atoms. The van der Waals surface area contributed by atoms with Crippen molar-refractivity contribution in [3.63, 3.8) is 0 Å². The molecule has 2 aromatic heterocycles. The number of nitrogen functional groups attached to an aromatic ring is 1. The molecule has 20 heavy (non-hydrogen) atoms. The molecule has 5 nitrogen and oxygen atoms in total. The highest BCUT2D eigenvalue weighted by atomic mass is 15.3. The lowest BCUT2D eigenvalue weighted by Gasteiger charge is -2.34. The van der Waals surface area contributed by atoms with Crippen LogP contribution in [0.4, 0.5) is 11.6 Å². The van der Waals surface area contributed by atoms with Crippen LogP contribution in [0.5, 0.6) is 0 Å². The maximum Gasteiger partial charge on any atom is 0.138 e. The molecule has 1 saturated heterocycles. The Morgan fingerprint density at radius 1 is 1.00 bits per heavy atom. The van der Waals surface area contributed by atoms with Crippen molar-refractivity contribution < 1.29 is 0 Å². The molecule has 2 aromatic rings. The molecular formula is C15H19N5. The summed E-state index contributed by atoms with van der Waals surface area (Å²) >= 11 is 0. The molecule has 3 heterocycles. The molecule has 0 radical (unpaired) electrons. The molecule has 0 aliphatic carbocycles. The van der Waals surface area contributed by atoms with Gasteiger partial charge in [0, 0.05) is 44.1 Å². The van der Waals surface area contributed by atoms with Crippen molar-refractivity contribution in [2.75, 3.05) is 43.9 Å². The summed E-state index contributed by atoms with van der Waals surface area (Å²) in [6.45, 7) is 4.05. The first-order valence-electron chi connectivity index (χ1n) is 6.84. The molecule has 1 fully saturated rings. The smallest absolute Gasteiger partial charge is 0.138 e. The SMILES string of the molecule is CN1CCN(c2nc(N)ccc2-c2ccncc2)CC1. The fourth-order valence-electron chi connectivity index (χ4n) is 2.48. The quantitative estimate of drug-likeness (QED) is 0.895. The molecule has 0 aromatic carbocycles.